The zero-order valence-corrected chi connectivity index (χ0v) is 11.4. The minimum atomic E-state index is -0.889. The maximum atomic E-state index is 11.8. The number of carbonyl (C=O) groups is 2. The minimum Gasteiger partial charge on any atom is -0.508 e. The second kappa shape index (κ2) is 7.49. The molecule has 1 rings (SSSR count). The smallest absolute Gasteiger partial charge is 0.303 e. The molecule has 0 radical (unpaired) electrons. The third kappa shape index (κ3) is 5.71. The minimum absolute atomic E-state index is 0.00742. The zero-order chi connectivity index (χ0) is 15.1. The number of nitrogens with two attached hydrogens (primary N) is 1. The van der Waals surface area contributed by atoms with Crippen LogP contribution in [0, 0.1) is 5.92 Å². The van der Waals surface area contributed by atoms with Crippen molar-refractivity contribution in [3.63, 3.8) is 0 Å². The van der Waals surface area contributed by atoms with Crippen LogP contribution in [-0.2, 0) is 16.0 Å². The first-order valence-electron chi connectivity index (χ1n) is 6.41. The Labute approximate surface area is 117 Å². The Balaban J connectivity index is 2.39. The molecule has 20 heavy (non-hydrogen) atoms. The van der Waals surface area contributed by atoms with Crippen LogP contribution in [0.1, 0.15) is 18.9 Å². The van der Waals surface area contributed by atoms with E-state index in [0.29, 0.717) is 6.42 Å². The Bertz CT molecular complexity index is 459. The van der Waals surface area contributed by atoms with Crippen LogP contribution in [0.2, 0.25) is 0 Å². The molecule has 0 heterocycles. The van der Waals surface area contributed by atoms with Crippen LogP contribution < -0.4 is 11.1 Å². The van der Waals surface area contributed by atoms with Crippen molar-refractivity contribution >= 4 is 11.9 Å². The molecule has 1 amide bonds. The predicted molar refractivity (Wildman–Crippen MR) is 74.2 cm³/mol. The lowest BCUT2D eigenvalue weighted by atomic mass is 10.0. The molecule has 0 saturated heterocycles. The third-order valence-electron chi connectivity index (χ3n) is 2.88. The van der Waals surface area contributed by atoms with Crippen molar-refractivity contribution in [2.24, 2.45) is 11.7 Å². The lowest BCUT2D eigenvalue weighted by Crippen LogP contribution is -2.43. The highest BCUT2D eigenvalue weighted by Gasteiger charge is 2.15. The molecular formula is C14H20N2O4. The Morgan fingerprint density at radius 3 is 2.45 bits per heavy atom. The molecule has 5 N–H and O–H groups in total. The van der Waals surface area contributed by atoms with E-state index in [1.807, 2.05) is 0 Å². The molecule has 2 unspecified atom stereocenters. The molecule has 1 aromatic carbocycles. The van der Waals surface area contributed by atoms with Gasteiger partial charge in [0.1, 0.15) is 5.75 Å². The maximum absolute atomic E-state index is 11.8. The van der Waals surface area contributed by atoms with Gasteiger partial charge in [0.05, 0.1) is 6.04 Å². The molecule has 0 fully saturated rings. The van der Waals surface area contributed by atoms with Crippen LogP contribution in [0.4, 0.5) is 0 Å². The summed E-state index contributed by atoms with van der Waals surface area (Å²) in [5.74, 6) is -1.18. The van der Waals surface area contributed by atoms with Gasteiger partial charge in [-0.05, 0) is 30.0 Å². The second-order valence-electron chi connectivity index (χ2n) is 4.93. The molecule has 110 valence electrons. The van der Waals surface area contributed by atoms with E-state index in [0.717, 1.165) is 5.56 Å². The van der Waals surface area contributed by atoms with Gasteiger partial charge in [0, 0.05) is 13.0 Å². The van der Waals surface area contributed by atoms with Gasteiger partial charge in [-0.25, -0.2) is 0 Å². The van der Waals surface area contributed by atoms with E-state index in [9.17, 15) is 9.59 Å². The molecule has 0 aliphatic rings. The number of phenolic OH excluding ortho intramolecular Hbond substituents is 1. The van der Waals surface area contributed by atoms with Gasteiger partial charge >= 0.3 is 5.97 Å². The third-order valence-corrected chi connectivity index (χ3v) is 2.88. The van der Waals surface area contributed by atoms with E-state index in [2.05, 4.69) is 5.32 Å². The number of rotatable bonds is 7. The quantitative estimate of drug-likeness (QED) is 0.580. The summed E-state index contributed by atoms with van der Waals surface area (Å²) in [6.45, 7) is 2.04. The highest BCUT2D eigenvalue weighted by atomic mass is 16.4. The van der Waals surface area contributed by atoms with E-state index < -0.39 is 12.0 Å². The van der Waals surface area contributed by atoms with Gasteiger partial charge in [-0.3, -0.25) is 9.59 Å². The van der Waals surface area contributed by atoms with Crippen molar-refractivity contribution in [1.82, 2.24) is 5.32 Å². The normalized spacial score (nSPS) is 13.5. The van der Waals surface area contributed by atoms with Gasteiger partial charge in [-0.2, -0.15) is 0 Å². The first-order chi connectivity index (χ1) is 9.38. The summed E-state index contributed by atoms with van der Waals surface area (Å²) < 4.78 is 0. The van der Waals surface area contributed by atoms with Gasteiger partial charge in [0.2, 0.25) is 5.91 Å². The fourth-order valence-corrected chi connectivity index (χ4v) is 1.75. The number of aliphatic carboxylic acids is 1. The molecule has 2 atom stereocenters. The van der Waals surface area contributed by atoms with E-state index in [-0.39, 0.29) is 30.5 Å². The van der Waals surface area contributed by atoms with Gasteiger partial charge in [0.25, 0.3) is 0 Å². The van der Waals surface area contributed by atoms with Gasteiger partial charge in [-0.15, -0.1) is 0 Å². The Morgan fingerprint density at radius 1 is 1.30 bits per heavy atom. The molecule has 0 bridgehead atoms. The van der Waals surface area contributed by atoms with Crippen LogP contribution in [-0.4, -0.2) is 34.7 Å². The summed E-state index contributed by atoms with van der Waals surface area (Å²) in [4.78, 5) is 22.3. The lowest BCUT2D eigenvalue weighted by molar-refractivity contribution is -0.138. The molecule has 0 aromatic heterocycles. The number of hydrogen-bond donors (Lipinski definition) is 4. The number of aromatic hydroxyl groups is 1. The number of amides is 1. The monoisotopic (exact) mass is 280 g/mol. The number of carbonyl (C=O) groups excluding carboxylic acids is 1. The van der Waals surface area contributed by atoms with E-state index >= 15 is 0 Å². The van der Waals surface area contributed by atoms with Crippen LogP contribution in [0.3, 0.4) is 0 Å². The zero-order valence-electron chi connectivity index (χ0n) is 11.4. The standard InChI is InChI=1S/C14H20N2O4/c1-9(6-13(18)19)8-16-14(20)12(15)7-10-2-4-11(17)5-3-10/h2-5,9,12,17H,6-8,15H2,1H3,(H,16,20)(H,18,19). The topological polar surface area (TPSA) is 113 Å². The molecule has 0 aliphatic heterocycles. The average molecular weight is 280 g/mol. The molecule has 0 spiro atoms. The fourth-order valence-electron chi connectivity index (χ4n) is 1.75. The van der Waals surface area contributed by atoms with Crippen molar-refractivity contribution in [3.05, 3.63) is 29.8 Å². The Hall–Kier alpha value is -2.08. The Morgan fingerprint density at radius 2 is 1.90 bits per heavy atom. The van der Waals surface area contributed by atoms with Crippen LogP contribution >= 0.6 is 0 Å². The summed E-state index contributed by atoms with van der Waals surface area (Å²) in [5, 5.41) is 20.4. The van der Waals surface area contributed by atoms with Crippen molar-refractivity contribution in [2.45, 2.75) is 25.8 Å². The number of nitrogens with one attached hydrogen (secondary N) is 1. The van der Waals surface area contributed by atoms with Gasteiger partial charge in [-0.1, -0.05) is 19.1 Å². The van der Waals surface area contributed by atoms with Crippen molar-refractivity contribution in [1.29, 1.82) is 0 Å². The summed E-state index contributed by atoms with van der Waals surface area (Å²) in [6.07, 6.45) is 0.368. The van der Waals surface area contributed by atoms with Crippen molar-refractivity contribution in [2.75, 3.05) is 6.54 Å². The van der Waals surface area contributed by atoms with E-state index in [1.54, 1.807) is 19.1 Å². The summed E-state index contributed by atoms with van der Waals surface area (Å²) in [7, 11) is 0. The molecule has 1 aromatic rings. The van der Waals surface area contributed by atoms with Gasteiger partial charge < -0.3 is 21.3 Å². The van der Waals surface area contributed by atoms with Gasteiger partial charge in [0.15, 0.2) is 0 Å². The van der Waals surface area contributed by atoms with Crippen LogP contribution in [0.25, 0.3) is 0 Å². The number of hydrogen-bond acceptors (Lipinski definition) is 4. The summed E-state index contributed by atoms with van der Waals surface area (Å²) >= 11 is 0. The van der Waals surface area contributed by atoms with Crippen LogP contribution in [0.5, 0.6) is 5.75 Å². The van der Waals surface area contributed by atoms with E-state index in [4.69, 9.17) is 15.9 Å². The van der Waals surface area contributed by atoms with Crippen LogP contribution in [0.15, 0.2) is 24.3 Å². The number of carboxylic acids is 1. The van der Waals surface area contributed by atoms with E-state index in [1.165, 1.54) is 12.1 Å². The first kappa shape index (κ1) is 16.0. The first-order valence-corrected chi connectivity index (χ1v) is 6.41. The molecule has 6 heteroatoms. The Kier molecular flexibility index (Phi) is 5.99. The molecule has 0 aliphatic carbocycles. The second-order valence-corrected chi connectivity index (χ2v) is 4.93. The predicted octanol–water partition coefficient (Wildman–Crippen LogP) is 0.489. The summed E-state index contributed by atoms with van der Waals surface area (Å²) in [5.41, 5.74) is 6.63. The number of carboxylic acid groups (broad SMARTS) is 1. The van der Waals surface area contributed by atoms with Crippen molar-refractivity contribution in [3.8, 4) is 5.75 Å². The number of benzene rings is 1. The SMILES string of the molecule is CC(CNC(=O)C(N)Cc1ccc(O)cc1)CC(=O)O. The van der Waals surface area contributed by atoms with Crippen molar-refractivity contribution < 1.29 is 19.8 Å². The molecule has 6 nitrogen and oxygen atoms in total. The maximum Gasteiger partial charge on any atom is 0.303 e. The fraction of sp³-hybridized carbons (Fsp3) is 0.429. The largest absolute Gasteiger partial charge is 0.508 e. The highest BCUT2D eigenvalue weighted by Crippen LogP contribution is 2.11. The summed E-state index contributed by atoms with van der Waals surface area (Å²) in [6, 6.07) is 5.78. The lowest BCUT2D eigenvalue weighted by Gasteiger charge is -2.15. The highest BCUT2D eigenvalue weighted by molar-refractivity contribution is 5.81. The number of phenols is 1. The average Bonchev–Trinajstić information content (AvgIpc) is 2.37. The molecular weight excluding hydrogens is 260 g/mol. The molecule has 0 saturated carbocycles.